The summed E-state index contributed by atoms with van der Waals surface area (Å²) in [6.45, 7) is 5.10. The summed E-state index contributed by atoms with van der Waals surface area (Å²) in [4.78, 5) is 1.51. The van der Waals surface area contributed by atoms with Crippen LogP contribution in [0.4, 0.5) is 0 Å². The van der Waals surface area contributed by atoms with Gasteiger partial charge >= 0.3 is 0 Å². The zero-order valence-electron chi connectivity index (χ0n) is 10.6. The molecule has 0 aromatic carbocycles. The number of hydrogen-bond acceptors (Lipinski definition) is 4. The number of tetrazole rings is 1. The molecule has 1 heterocycles. The molecule has 0 aliphatic carbocycles. The van der Waals surface area contributed by atoms with Gasteiger partial charge in [0.1, 0.15) is 0 Å². The van der Waals surface area contributed by atoms with Crippen LogP contribution in [0.15, 0.2) is 0 Å². The Hall–Kier alpha value is -0.970. The van der Waals surface area contributed by atoms with Crippen molar-refractivity contribution >= 4 is 0 Å². The fraction of sp³-hybridized carbons (Fsp3) is 0.909. The lowest BCUT2D eigenvalue weighted by Gasteiger charge is -2.30. The number of hydrogen-bond donors (Lipinski definition) is 1. The number of aromatic nitrogens is 4. The first kappa shape index (κ1) is 13.1. The molecule has 0 saturated carbocycles. The second-order valence-corrected chi connectivity index (χ2v) is 4.53. The van der Waals surface area contributed by atoms with Gasteiger partial charge in [0.25, 0.3) is 0 Å². The van der Waals surface area contributed by atoms with Crippen LogP contribution in [-0.4, -0.2) is 26.8 Å². The summed E-state index contributed by atoms with van der Waals surface area (Å²) in [7, 11) is 1.79. The Kier molecular flexibility index (Phi) is 4.86. The predicted octanol–water partition coefficient (Wildman–Crippen LogP) is 1.30. The van der Waals surface area contributed by atoms with E-state index in [2.05, 4.69) is 29.3 Å². The van der Waals surface area contributed by atoms with Gasteiger partial charge in [-0.05, 0) is 30.0 Å². The predicted molar refractivity (Wildman–Crippen MR) is 63.8 cm³/mol. The van der Waals surface area contributed by atoms with Crippen molar-refractivity contribution in [3.63, 3.8) is 0 Å². The van der Waals surface area contributed by atoms with Crippen LogP contribution in [0.2, 0.25) is 0 Å². The molecule has 1 aromatic heterocycles. The van der Waals surface area contributed by atoms with Gasteiger partial charge < -0.3 is 5.73 Å². The summed E-state index contributed by atoms with van der Waals surface area (Å²) in [6.07, 6.45) is 5.48. The van der Waals surface area contributed by atoms with Crippen molar-refractivity contribution in [1.82, 2.24) is 20.2 Å². The molecule has 2 N–H and O–H groups in total. The van der Waals surface area contributed by atoms with Crippen molar-refractivity contribution in [3.05, 3.63) is 5.82 Å². The van der Waals surface area contributed by atoms with Gasteiger partial charge in [0, 0.05) is 6.42 Å². The standard InChI is InChI=1S/C11H23N5/c1-4-6-7-11(5-2,9-12)8-10-13-15-16(3)14-10/h4-9,12H2,1-3H3. The van der Waals surface area contributed by atoms with Gasteiger partial charge in [-0.2, -0.15) is 4.80 Å². The van der Waals surface area contributed by atoms with Crippen molar-refractivity contribution in [2.24, 2.45) is 18.2 Å². The van der Waals surface area contributed by atoms with Gasteiger partial charge in [-0.25, -0.2) is 0 Å². The summed E-state index contributed by atoms with van der Waals surface area (Å²) in [5.74, 6) is 0.811. The second-order valence-electron chi connectivity index (χ2n) is 4.53. The van der Waals surface area contributed by atoms with E-state index in [1.165, 1.54) is 17.6 Å². The van der Waals surface area contributed by atoms with Crippen molar-refractivity contribution in [3.8, 4) is 0 Å². The lowest BCUT2D eigenvalue weighted by molar-refractivity contribution is 0.246. The van der Waals surface area contributed by atoms with Crippen molar-refractivity contribution in [1.29, 1.82) is 0 Å². The smallest absolute Gasteiger partial charge is 0.175 e. The van der Waals surface area contributed by atoms with Crippen molar-refractivity contribution < 1.29 is 0 Å². The third-order valence-electron chi connectivity index (χ3n) is 3.33. The molecule has 0 saturated heterocycles. The molecule has 1 rings (SSSR count). The van der Waals surface area contributed by atoms with Gasteiger partial charge in [-0.3, -0.25) is 0 Å². The van der Waals surface area contributed by atoms with Crippen LogP contribution in [0.25, 0.3) is 0 Å². The molecule has 16 heavy (non-hydrogen) atoms. The van der Waals surface area contributed by atoms with E-state index in [9.17, 15) is 0 Å². The van der Waals surface area contributed by atoms with Gasteiger partial charge in [-0.15, -0.1) is 10.2 Å². The highest BCUT2D eigenvalue weighted by atomic mass is 15.6. The molecule has 5 heteroatoms. The summed E-state index contributed by atoms with van der Waals surface area (Å²) < 4.78 is 0. The number of unbranched alkanes of at least 4 members (excludes halogenated alkanes) is 1. The average Bonchev–Trinajstić information content (AvgIpc) is 2.70. The first-order valence-corrected chi connectivity index (χ1v) is 6.08. The zero-order chi connectivity index (χ0) is 12.0. The Morgan fingerprint density at radius 1 is 1.38 bits per heavy atom. The molecule has 92 valence electrons. The third kappa shape index (κ3) is 3.27. The molecular formula is C11H23N5. The molecule has 0 radical (unpaired) electrons. The fourth-order valence-electron chi connectivity index (χ4n) is 1.99. The zero-order valence-corrected chi connectivity index (χ0v) is 10.6. The molecule has 0 spiro atoms. The fourth-order valence-corrected chi connectivity index (χ4v) is 1.99. The molecule has 1 atom stereocenters. The average molecular weight is 225 g/mol. The van der Waals surface area contributed by atoms with Gasteiger partial charge in [-0.1, -0.05) is 26.7 Å². The van der Waals surface area contributed by atoms with Crippen LogP contribution in [0.5, 0.6) is 0 Å². The van der Waals surface area contributed by atoms with Crippen LogP contribution >= 0.6 is 0 Å². The SMILES string of the molecule is CCCCC(CC)(CN)Cc1nnn(C)n1. The van der Waals surface area contributed by atoms with Gasteiger partial charge in [0.2, 0.25) is 0 Å². The van der Waals surface area contributed by atoms with Crippen LogP contribution in [0, 0.1) is 5.41 Å². The lowest BCUT2D eigenvalue weighted by Crippen LogP contribution is -2.32. The normalized spacial score (nSPS) is 15.0. The Morgan fingerprint density at radius 2 is 2.12 bits per heavy atom. The highest BCUT2D eigenvalue weighted by Gasteiger charge is 2.28. The Labute approximate surface area is 97.4 Å². The van der Waals surface area contributed by atoms with Crippen molar-refractivity contribution in [2.45, 2.75) is 46.0 Å². The Balaban J connectivity index is 2.69. The molecule has 0 aliphatic rings. The first-order valence-electron chi connectivity index (χ1n) is 6.08. The summed E-state index contributed by atoms with van der Waals surface area (Å²) >= 11 is 0. The highest BCUT2D eigenvalue weighted by molar-refractivity contribution is 4.90. The van der Waals surface area contributed by atoms with E-state index in [1.807, 2.05) is 0 Å². The molecular weight excluding hydrogens is 202 g/mol. The molecule has 1 aromatic rings. The minimum absolute atomic E-state index is 0.152. The lowest BCUT2D eigenvalue weighted by atomic mass is 9.77. The Bertz CT molecular complexity index is 303. The molecule has 5 nitrogen and oxygen atoms in total. The topological polar surface area (TPSA) is 69.6 Å². The summed E-state index contributed by atoms with van der Waals surface area (Å²) in [5, 5.41) is 12.2. The van der Waals surface area contributed by atoms with E-state index in [0.717, 1.165) is 25.1 Å². The maximum Gasteiger partial charge on any atom is 0.175 e. The highest BCUT2D eigenvalue weighted by Crippen LogP contribution is 2.30. The monoisotopic (exact) mass is 225 g/mol. The van der Waals surface area contributed by atoms with Crippen LogP contribution in [-0.2, 0) is 13.5 Å². The Morgan fingerprint density at radius 3 is 2.56 bits per heavy atom. The molecule has 0 fully saturated rings. The minimum atomic E-state index is 0.152. The van der Waals surface area contributed by atoms with E-state index in [0.29, 0.717) is 6.54 Å². The summed E-state index contributed by atoms with van der Waals surface area (Å²) in [6, 6.07) is 0. The van der Waals surface area contributed by atoms with E-state index in [1.54, 1.807) is 7.05 Å². The maximum atomic E-state index is 5.93. The maximum absolute atomic E-state index is 5.93. The second kappa shape index (κ2) is 5.94. The number of aryl methyl sites for hydroxylation is 1. The van der Waals surface area contributed by atoms with E-state index in [4.69, 9.17) is 5.73 Å². The minimum Gasteiger partial charge on any atom is -0.330 e. The number of nitrogens with zero attached hydrogens (tertiary/aromatic N) is 4. The number of rotatable bonds is 7. The van der Waals surface area contributed by atoms with E-state index < -0.39 is 0 Å². The number of nitrogens with two attached hydrogens (primary N) is 1. The molecule has 0 bridgehead atoms. The van der Waals surface area contributed by atoms with Gasteiger partial charge in [0.15, 0.2) is 5.82 Å². The summed E-state index contributed by atoms with van der Waals surface area (Å²) in [5.41, 5.74) is 6.08. The van der Waals surface area contributed by atoms with Crippen molar-refractivity contribution in [2.75, 3.05) is 6.54 Å². The van der Waals surface area contributed by atoms with Gasteiger partial charge in [0.05, 0.1) is 7.05 Å². The molecule has 0 amide bonds. The third-order valence-corrected chi connectivity index (χ3v) is 3.33. The van der Waals surface area contributed by atoms with E-state index >= 15 is 0 Å². The molecule has 0 aliphatic heterocycles. The quantitative estimate of drug-likeness (QED) is 0.759. The largest absolute Gasteiger partial charge is 0.330 e. The van der Waals surface area contributed by atoms with Crippen LogP contribution in [0.3, 0.4) is 0 Å². The molecule has 1 unspecified atom stereocenters. The first-order chi connectivity index (χ1) is 7.65. The van der Waals surface area contributed by atoms with E-state index in [-0.39, 0.29) is 5.41 Å². The van der Waals surface area contributed by atoms with Crippen LogP contribution in [0.1, 0.15) is 45.4 Å². The van der Waals surface area contributed by atoms with Crippen LogP contribution < -0.4 is 5.73 Å².